The highest BCUT2D eigenvalue weighted by Gasteiger charge is 2.04. The Balaban J connectivity index is 3.22. The Bertz CT molecular complexity index is 468. The summed E-state index contributed by atoms with van der Waals surface area (Å²) in [5.74, 6) is 4.14. The van der Waals surface area contributed by atoms with Gasteiger partial charge in [0.15, 0.2) is 0 Å². The lowest BCUT2D eigenvalue weighted by Crippen LogP contribution is -2.07. The fourth-order valence-electron chi connectivity index (χ4n) is 3.52. The Morgan fingerprint density at radius 3 is 1.53 bits per heavy atom. The van der Waals surface area contributed by atoms with Crippen molar-refractivity contribution >= 4 is 53.8 Å². The van der Waals surface area contributed by atoms with Crippen LogP contribution in [0.3, 0.4) is 0 Å². The molecule has 0 aliphatic rings. The van der Waals surface area contributed by atoms with Crippen molar-refractivity contribution in [3.8, 4) is 0 Å². The zero-order valence-electron chi connectivity index (χ0n) is 22.6. The van der Waals surface area contributed by atoms with Gasteiger partial charge in [0.25, 0.3) is 0 Å². The molecule has 0 amide bonds. The van der Waals surface area contributed by atoms with Gasteiger partial charge >= 0.3 is 11.9 Å². The molecule has 0 spiro atoms. The van der Waals surface area contributed by atoms with E-state index in [9.17, 15) is 9.59 Å². The van der Waals surface area contributed by atoms with Gasteiger partial charge < -0.3 is 9.47 Å². The number of esters is 2. The van der Waals surface area contributed by atoms with Gasteiger partial charge in [0.05, 0.1) is 26.1 Å². The minimum absolute atomic E-state index is 0.0275. The van der Waals surface area contributed by atoms with Crippen molar-refractivity contribution in [3.05, 3.63) is 0 Å². The van der Waals surface area contributed by atoms with Gasteiger partial charge in [-0.25, -0.2) is 0 Å². The largest absolute Gasteiger partial charge is 0.466 e. The molecule has 0 N–H and O–H groups in total. The molecule has 0 aliphatic heterocycles. The van der Waals surface area contributed by atoms with Gasteiger partial charge in [0, 0.05) is 29.8 Å². The predicted molar refractivity (Wildman–Crippen MR) is 159 cm³/mol. The van der Waals surface area contributed by atoms with E-state index in [-0.39, 0.29) is 21.5 Å². The molecule has 0 atom stereocenters. The van der Waals surface area contributed by atoms with Gasteiger partial charge in [-0.15, -0.1) is 0 Å². The number of ether oxygens (including phenoxy) is 2. The molecule has 0 rings (SSSR count). The number of rotatable bonds is 26. The Labute approximate surface area is 223 Å². The van der Waals surface area contributed by atoms with Crippen LogP contribution in [0, 0.1) is 0 Å². The number of carbonyl (C=O) groups is 2. The van der Waals surface area contributed by atoms with Crippen LogP contribution < -0.4 is 0 Å². The maximum absolute atomic E-state index is 11.7. The zero-order chi connectivity index (χ0) is 25.1. The second-order valence-electron chi connectivity index (χ2n) is 9.59. The van der Waals surface area contributed by atoms with E-state index in [1.54, 1.807) is 0 Å². The second kappa shape index (κ2) is 27.7. The molecule has 0 aromatic carbocycles. The molecule has 0 aromatic rings. The summed E-state index contributed by atoms with van der Waals surface area (Å²) < 4.78 is 10.7. The highest BCUT2D eigenvalue weighted by atomic mass is 32.2. The van der Waals surface area contributed by atoms with Crippen molar-refractivity contribution in [1.82, 2.24) is 0 Å². The summed E-state index contributed by atoms with van der Waals surface area (Å²) in [6.45, 7) is 8.30. The monoisotopic (exact) mass is 550 g/mol. The van der Waals surface area contributed by atoms with Gasteiger partial charge in [-0.2, -0.15) is 23.5 Å². The summed E-state index contributed by atoms with van der Waals surface area (Å²) in [7, 11) is -0.203. The molecule has 0 aliphatic carbocycles. The first-order chi connectivity index (χ1) is 16.6. The van der Waals surface area contributed by atoms with Crippen molar-refractivity contribution < 1.29 is 19.1 Å². The van der Waals surface area contributed by atoms with Crippen LogP contribution in [0.15, 0.2) is 0 Å². The van der Waals surface area contributed by atoms with Gasteiger partial charge in [-0.1, -0.05) is 76.7 Å². The van der Waals surface area contributed by atoms with E-state index in [4.69, 9.17) is 9.47 Å². The van der Waals surface area contributed by atoms with E-state index in [1.807, 2.05) is 23.5 Å². The van der Waals surface area contributed by atoms with Crippen molar-refractivity contribution in [2.45, 2.75) is 115 Å². The molecule has 0 bridgehead atoms. The van der Waals surface area contributed by atoms with Gasteiger partial charge in [-0.05, 0) is 37.2 Å². The molecule has 202 valence electrons. The molecule has 8 heteroatoms. The number of hydrogen-bond donors (Lipinski definition) is 0. The smallest absolute Gasteiger partial charge is 0.306 e. The summed E-state index contributed by atoms with van der Waals surface area (Å²) in [6, 6.07) is 2.84. The molecular weight excluding hydrogens is 497 g/mol. The third kappa shape index (κ3) is 28.3. The van der Waals surface area contributed by atoms with Crippen molar-refractivity contribution in [1.29, 1.82) is 0 Å². The van der Waals surface area contributed by atoms with Crippen molar-refractivity contribution in [3.63, 3.8) is 0 Å². The molecule has 0 heterocycles. The minimum Gasteiger partial charge on any atom is -0.466 e. The fraction of sp³-hybridized carbons (Fsp3) is 0.923. The number of carbonyl (C=O) groups excluding carboxylic acids is 2. The summed E-state index contributed by atoms with van der Waals surface area (Å²) in [4.78, 5) is 23.4. The van der Waals surface area contributed by atoms with Crippen LogP contribution in [0.2, 0.25) is 31.7 Å². The Kier molecular flexibility index (Phi) is 27.7. The van der Waals surface area contributed by atoms with Crippen LogP contribution in [0.5, 0.6) is 0 Å². The quantitative estimate of drug-likeness (QED) is 0.0676. The van der Waals surface area contributed by atoms with Crippen LogP contribution in [-0.4, -0.2) is 66.5 Å². The van der Waals surface area contributed by atoms with Gasteiger partial charge in [0.2, 0.25) is 0 Å². The first-order valence-electron chi connectivity index (χ1n) is 14.0. The molecule has 34 heavy (non-hydrogen) atoms. The van der Waals surface area contributed by atoms with E-state index < -0.39 is 8.80 Å². The van der Waals surface area contributed by atoms with E-state index >= 15 is 0 Å². The molecular formula is C26H54O4S2Si2. The first-order valence-corrected chi connectivity index (χ1v) is 21.9. The van der Waals surface area contributed by atoms with Crippen LogP contribution in [-0.2, 0) is 19.1 Å². The van der Waals surface area contributed by atoms with Crippen LogP contribution in [0.1, 0.15) is 83.5 Å². The molecule has 0 saturated carbocycles. The Morgan fingerprint density at radius 2 is 1.09 bits per heavy atom. The molecule has 0 unspecified atom stereocenters. The van der Waals surface area contributed by atoms with E-state index in [0.717, 1.165) is 37.2 Å². The normalized spacial score (nSPS) is 11.5. The number of hydrogen-bond acceptors (Lipinski definition) is 6. The topological polar surface area (TPSA) is 52.6 Å². The average molecular weight is 551 g/mol. The second-order valence-corrected chi connectivity index (χ2v) is 17.1. The highest BCUT2D eigenvalue weighted by molar-refractivity contribution is 7.99. The molecule has 0 fully saturated rings. The SMILES string of the molecule is C[SiH2]CCCSCCC(=O)OCCCCCCCCCCCOC(=O)CCSCCC[SiH](C)C. The highest BCUT2D eigenvalue weighted by Crippen LogP contribution is 2.12. The van der Waals surface area contributed by atoms with Crippen molar-refractivity contribution in [2.24, 2.45) is 0 Å². The zero-order valence-corrected chi connectivity index (χ0v) is 26.8. The average Bonchev–Trinajstić information content (AvgIpc) is 2.81. The predicted octanol–water partition coefficient (Wildman–Crippen LogP) is 6.73. The van der Waals surface area contributed by atoms with E-state index in [2.05, 4.69) is 19.6 Å². The van der Waals surface area contributed by atoms with Crippen LogP contribution in [0.4, 0.5) is 0 Å². The lowest BCUT2D eigenvalue weighted by atomic mass is 10.1. The van der Waals surface area contributed by atoms with Gasteiger partial charge in [-0.3, -0.25) is 9.59 Å². The molecule has 0 saturated heterocycles. The molecule has 4 nitrogen and oxygen atoms in total. The summed E-state index contributed by atoms with van der Waals surface area (Å²) in [6.07, 6.45) is 14.3. The standard InChI is InChI=1S/C26H54O4S2Si2/c1-33-23-13-19-31-21-15-25(27)29-17-11-9-7-5-4-6-8-10-12-18-30-26(28)16-22-32-20-14-24-34(2)3/h34H,4-24,33H2,1-3H3. The lowest BCUT2D eigenvalue weighted by molar-refractivity contribution is -0.144. The lowest BCUT2D eigenvalue weighted by Gasteiger charge is -2.06. The minimum atomic E-state index is -0.410. The number of thioether (sulfide) groups is 2. The van der Waals surface area contributed by atoms with E-state index in [0.29, 0.717) is 26.1 Å². The fourth-order valence-corrected chi connectivity index (χ4v) is 7.76. The Morgan fingerprint density at radius 1 is 0.647 bits per heavy atom. The van der Waals surface area contributed by atoms with E-state index in [1.165, 1.54) is 68.5 Å². The first kappa shape index (κ1) is 34.1. The van der Waals surface area contributed by atoms with Crippen LogP contribution in [0.25, 0.3) is 0 Å². The third-order valence-electron chi connectivity index (χ3n) is 5.68. The molecule has 0 radical (unpaired) electrons. The third-order valence-corrected chi connectivity index (χ3v) is 10.6. The summed E-state index contributed by atoms with van der Waals surface area (Å²) in [5, 5.41) is 0. The van der Waals surface area contributed by atoms with Crippen molar-refractivity contribution in [2.75, 3.05) is 36.2 Å². The maximum Gasteiger partial charge on any atom is 0.306 e. The summed E-state index contributed by atoms with van der Waals surface area (Å²) >= 11 is 3.78. The Hall–Kier alpha value is 0.0738. The molecule has 0 aromatic heterocycles. The van der Waals surface area contributed by atoms with Gasteiger partial charge in [0.1, 0.15) is 0 Å². The summed E-state index contributed by atoms with van der Waals surface area (Å²) in [5.41, 5.74) is 0. The maximum atomic E-state index is 11.7. The number of unbranched alkanes of at least 4 members (excludes halogenated alkanes) is 8. The van der Waals surface area contributed by atoms with Crippen LogP contribution >= 0.6 is 23.5 Å².